The van der Waals surface area contributed by atoms with Gasteiger partial charge in [0, 0.05) is 0 Å². The van der Waals surface area contributed by atoms with Gasteiger partial charge in [0.1, 0.15) is 23.9 Å². The van der Waals surface area contributed by atoms with Gasteiger partial charge in [0.05, 0.1) is 0 Å². The van der Waals surface area contributed by atoms with Crippen molar-refractivity contribution in [1.29, 1.82) is 0 Å². The Kier molecular flexibility index (Phi) is 4.92. The van der Waals surface area contributed by atoms with E-state index in [-0.39, 0.29) is 0 Å². The van der Waals surface area contributed by atoms with Crippen LogP contribution in [0.15, 0.2) is 50.1 Å². The van der Waals surface area contributed by atoms with Gasteiger partial charge in [0.25, 0.3) is 0 Å². The predicted octanol–water partition coefficient (Wildman–Crippen LogP) is 3.08. The Morgan fingerprint density at radius 3 is 1.46 bits per heavy atom. The monoisotopic (exact) mass is 186 g/mol. The second-order valence-electron chi connectivity index (χ2n) is 2.34. The lowest BCUT2D eigenvalue weighted by atomic mass is 10.3. The van der Waals surface area contributed by atoms with Crippen LogP contribution < -0.4 is 0 Å². The van der Waals surface area contributed by atoms with Crippen LogP contribution in [0.2, 0.25) is 0 Å². The topological polar surface area (TPSA) is 9.23 Å². The molecule has 0 aliphatic heterocycles. The molecule has 2 unspecified atom stereocenters. The number of halogens is 2. The molecule has 0 amide bonds. The molecule has 0 aromatic carbocycles. The van der Waals surface area contributed by atoms with Gasteiger partial charge in [-0.15, -0.1) is 13.2 Å². The van der Waals surface area contributed by atoms with Crippen molar-refractivity contribution >= 4 is 0 Å². The van der Waals surface area contributed by atoms with E-state index in [1.165, 1.54) is 12.2 Å². The number of ether oxygens (including phenoxy) is 1. The lowest BCUT2D eigenvalue weighted by Gasteiger charge is -2.16. The average molecular weight is 186 g/mol. The second-order valence-corrected chi connectivity index (χ2v) is 2.34. The molecule has 2 atom stereocenters. The summed E-state index contributed by atoms with van der Waals surface area (Å²) in [5, 5.41) is 0. The summed E-state index contributed by atoms with van der Waals surface area (Å²) in [7, 11) is 0. The quantitative estimate of drug-likeness (QED) is 0.579. The van der Waals surface area contributed by atoms with E-state index in [9.17, 15) is 8.78 Å². The highest BCUT2D eigenvalue weighted by Gasteiger charge is 2.16. The van der Waals surface area contributed by atoms with Crippen LogP contribution in [0.4, 0.5) is 8.78 Å². The first kappa shape index (κ1) is 11.8. The Morgan fingerprint density at radius 1 is 1.00 bits per heavy atom. The van der Waals surface area contributed by atoms with Gasteiger partial charge >= 0.3 is 0 Å². The van der Waals surface area contributed by atoms with Crippen LogP contribution in [0.3, 0.4) is 0 Å². The summed E-state index contributed by atoms with van der Waals surface area (Å²) in [6, 6.07) is 0. The Balaban J connectivity index is 4.36. The van der Waals surface area contributed by atoms with Crippen molar-refractivity contribution in [2.75, 3.05) is 0 Å². The van der Waals surface area contributed by atoms with Crippen molar-refractivity contribution in [3.8, 4) is 0 Å². The van der Waals surface area contributed by atoms with Crippen LogP contribution in [0.25, 0.3) is 0 Å². The zero-order valence-corrected chi connectivity index (χ0v) is 7.30. The van der Waals surface area contributed by atoms with E-state index >= 15 is 0 Å². The third-order valence-electron chi connectivity index (χ3n) is 1.34. The molecular formula is C10H12F2O. The molecular weight excluding hydrogens is 174 g/mol. The SMILES string of the molecule is C=CC(OC(C=C)C(=C)F)C(=C)F. The Morgan fingerprint density at radius 2 is 1.31 bits per heavy atom. The Labute approximate surface area is 76.7 Å². The fourth-order valence-corrected chi connectivity index (χ4v) is 0.672. The maximum atomic E-state index is 12.5. The molecule has 0 aromatic heterocycles. The lowest BCUT2D eigenvalue weighted by molar-refractivity contribution is 0.0586. The Bertz CT molecular complexity index is 209. The fraction of sp³-hybridized carbons (Fsp3) is 0.200. The minimum atomic E-state index is -1.03. The summed E-state index contributed by atoms with van der Waals surface area (Å²) in [6.07, 6.45) is 0.301. The maximum Gasteiger partial charge on any atom is 0.127 e. The zero-order chi connectivity index (χ0) is 10.4. The first-order chi connectivity index (χ1) is 6.02. The summed E-state index contributed by atoms with van der Waals surface area (Å²) in [5.41, 5.74) is 0. The Hall–Kier alpha value is -1.22. The summed E-state index contributed by atoms with van der Waals surface area (Å²) < 4.78 is 30.0. The molecule has 0 aliphatic rings. The minimum Gasteiger partial charge on any atom is -0.353 e. The molecule has 0 rings (SSSR count). The van der Waals surface area contributed by atoms with Gasteiger partial charge in [-0.3, -0.25) is 0 Å². The van der Waals surface area contributed by atoms with Gasteiger partial charge in [0.2, 0.25) is 0 Å². The molecule has 3 heteroatoms. The molecule has 0 spiro atoms. The first-order valence-electron chi connectivity index (χ1n) is 3.62. The first-order valence-corrected chi connectivity index (χ1v) is 3.62. The molecule has 0 N–H and O–H groups in total. The van der Waals surface area contributed by atoms with E-state index in [0.717, 1.165) is 0 Å². The van der Waals surface area contributed by atoms with Gasteiger partial charge in [0.15, 0.2) is 0 Å². The van der Waals surface area contributed by atoms with Crippen LogP contribution in [-0.2, 0) is 4.74 Å². The summed E-state index contributed by atoms with van der Waals surface area (Å²) in [4.78, 5) is 0. The van der Waals surface area contributed by atoms with E-state index in [1.54, 1.807) is 0 Å². The van der Waals surface area contributed by atoms with Crippen LogP contribution in [-0.4, -0.2) is 12.2 Å². The predicted molar refractivity (Wildman–Crippen MR) is 49.6 cm³/mol. The third kappa shape index (κ3) is 3.80. The highest BCUT2D eigenvalue weighted by molar-refractivity contribution is 5.07. The van der Waals surface area contributed by atoms with E-state index < -0.39 is 23.9 Å². The molecule has 1 nitrogen and oxygen atoms in total. The van der Waals surface area contributed by atoms with Crippen molar-refractivity contribution in [2.24, 2.45) is 0 Å². The van der Waals surface area contributed by atoms with Crippen molar-refractivity contribution < 1.29 is 13.5 Å². The highest BCUT2D eigenvalue weighted by Crippen LogP contribution is 2.15. The molecule has 72 valence electrons. The van der Waals surface area contributed by atoms with Crippen molar-refractivity contribution in [3.63, 3.8) is 0 Å². The molecule has 0 heterocycles. The number of hydrogen-bond donors (Lipinski definition) is 0. The molecule has 0 fully saturated rings. The average Bonchev–Trinajstić information content (AvgIpc) is 2.05. The lowest BCUT2D eigenvalue weighted by Crippen LogP contribution is -2.19. The van der Waals surface area contributed by atoms with Crippen LogP contribution >= 0.6 is 0 Å². The van der Waals surface area contributed by atoms with Crippen LogP contribution in [0, 0.1) is 0 Å². The molecule has 0 saturated heterocycles. The molecule has 0 radical (unpaired) electrons. The summed E-state index contributed by atoms with van der Waals surface area (Å²) in [6.45, 7) is 12.7. The van der Waals surface area contributed by atoms with Crippen LogP contribution in [0.5, 0.6) is 0 Å². The van der Waals surface area contributed by atoms with E-state index in [1.807, 2.05) is 0 Å². The smallest absolute Gasteiger partial charge is 0.127 e. The molecule has 13 heavy (non-hydrogen) atoms. The van der Waals surface area contributed by atoms with Crippen molar-refractivity contribution in [3.05, 3.63) is 50.1 Å². The summed E-state index contributed by atoms with van der Waals surface area (Å²) in [5.74, 6) is -1.47. The van der Waals surface area contributed by atoms with Gasteiger partial charge in [-0.25, -0.2) is 8.78 Å². The zero-order valence-electron chi connectivity index (χ0n) is 7.30. The van der Waals surface area contributed by atoms with Gasteiger partial charge < -0.3 is 4.74 Å². The third-order valence-corrected chi connectivity index (χ3v) is 1.34. The molecule has 0 aromatic rings. The van der Waals surface area contributed by atoms with E-state index in [2.05, 4.69) is 26.3 Å². The summed E-state index contributed by atoms with van der Waals surface area (Å²) >= 11 is 0. The van der Waals surface area contributed by atoms with E-state index in [4.69, 9.17) is 4.74 Å². The van der Waals surface area contributed by atoms with Gasteiger partial charge in [-0.1, -0.05) is 25.3 Å². The largest absolute Gasteiger partial charge is 0.353 e. The van der Waals surface area contributed by atoms with Crippen molar-refractivity contribution in [1.82, 2.24) is 0 Å². The fourth-order valence-electron chi connectivity index (χ4n) is 0.672. The minimum absolute atomic E-state index is 0.733. The standard InChI is InChI=1S/C10H12F2O/c1-5-9(7(3)11)13-10(6-2)8(4)12/h5-6,9-10H,1-4H2. The van der Waals surface area contributed by atoms with E-state index in [0.29, 0.717) is 0 Å². The molecule has 0 aliphatic carbocycles. The normalized spacial score (nSPS) is 14.3. The number of rotatable bonds is 6. The number of hydrogen-bond acceptors (Lipinski definition) is 1. The maximum absolute atomic E-state index is 12.5. The molecule has 0 bridgehead atoms. The second kappa shape index (κ2) is 5.43. The van der Waals surface area contributed by atoms with Gasteiger partial charge in [-0.05, 0) is 0 Å². The van der Waals surface area contributed by atoms with Crippen LogP contribution in [0.1, 0.15) is 0 Å². The highest BCUT2D eigenvalue weighted by atomic mass is 19.1. The van der Waals surface area contributed by atoms with Gasteiger partial charge in [-0.2, -0.15) is 0 Å². The van der Waals surface area contributed by atoms with Crippen molar-refractivity contribution in [2.45, 2.75) is 12.2 Å². The molecule has 0 saturated carbocycles.